The highest BCUT2D eigenvalue weighted by molar-refractivity contribution is 5.76. The van der Waals surface area contributed by atoms with Gasteiger partial charge < -0.3 is 10.0 Å². The molecular weight excluding hydrogens is 262 g/mol. The topological polar surface area (TPSA) is 40.5 Å². The largest absolute Gasteiger partial charge is 0.387 e. The summed E-state index contributed by atoms with van der Waals surface area (Å²) in [6.45, 7) is 3.37. The minimum atomic E-state index is -0.580. The highest BCUT2D eigenvalue weighted by Crippen LogP contribution is 2.19. The number of aliphatic hydroxyl groups excluding tert-OH is 1. The zero-order valence-corrected chi connectivity index (χ0v) is 13.1. The van der Waals surface area contributed by atoms with Gasteiger partial charge in [-0.25, -0.2) is 0 Å². The lowest BCUT2D eigenvalue weighted by Gasteiger charge is -2.27. The molecule has 1 aliphatic heterocycles. The first-order chi connectivity index (χ1) is 10.2. The van der Waals surface area contributed by atoms with E-state index in [0.29, 0.717) is 13.0 Å². The Labute approximate surface area is 128 Å². The maximum Gasteiger partial charge on any atom is 0.222 e. The molecule has 1 fully saturated rings. The van der Waals surface area contributed by atoms with Crippen LogP contribution in [-0.2, 0) is 11.2 Å². The highest BCUT2D eigenvalue weighted by atomic mass is 16.3. The molecular formula is C18H27NO2. The van der Waals surface area contributed by atoms with Crippen LogP contribution >= 0.6 is 0 Å². The number of aliphatic hydroxyl groups is 1. The molecule has 1 aromatic rings. The van der Waals surface area contributed by atoms with Crippen molar-refractivity contribution in [1.29, 1.82) is 0 Å². The van der Waals surface area contributed by atoms with Crippen LogP contribution in [0.2, 0.25) is 0 Å². The third-order valence-electron chi connectivity index (χ3n) is 4.22. The monoisotopic (exact) mass is 289 g/mol. The third kappa shape index (κ3) is 4.85. The smallest absolute Gasteiger partial charge is 0.222 e. The second-order valence-electron chi connectivity index (χ2n) is 6.01. The van der Waals surface area contributed by atoms with Crippen molar-refractivity contribution in [2.75, 3.05) is 13.1 Å². The van der Waals surface area contributed by atoms with E-state index < -0.39 is 6.10 Å². The normalized spacial score (nSPS) is 18.2. The highest BCUT2D eigenvalue weighted by Gasteiger charge is 2.19. The van der Waals surface area contributed by atoms with Gasteiger partial charge in [0, 0.05) is 13.0 Å². The molecule has 1 N–H and O–H groups in total. The minimum absolute atomic E-state index is 0.191. The van der Waals surface area contributed by atoms with E-state index in [1.54, 1.807) is 0 Å². The summed E-state index contributed by atoms with van der Waals surface area (Å²) < 4.78 is 0. The van der Waals surface area contributed by atoms with Gasteiger partial charge in [0.15, 0.2) is 0 Å². The van der Waals surface area contributed by atoms with Crippen molar-refractivity contribution in [3.05, 3.63) is 35.4 Å². The van der Waals surface area contributed by atoms with Crippen molar-refractivity contribution in [3.63, 3.8) is 0 Å². The van der Waals surface area contributed by atoms with Crippen molar-refractivity contribution >= 4 is 5.91 Å². The molecule has 0 radical (unpaired) electrons. The van der Waals surface area contributed by atoms with Crippen LogP contribution in [0.25, 0.3) is 0 Å². The first-order valence-corrected chi connectivity index (χ1v) is 8.25. The van der Waals surface area contributed by atoms with Gasteiger partial charge in [0.1, 0.15) is 0 Å². The number of aryl methyl sites for hydroxylation is 1. The molecule has 1 saturated heterocycles. The maximum absolute atomic E-state index is 12.1. The number of amides is 1. The molecule has 1 aliphatic rings. The first-order valence-electron chi connectivity index (χ1n) is 8.25. The molecule has 21 heavy (non-hydrogen) atoms. The van der Waals surface area contributed by atoms with Crippen LogP contribution in [-0.4, -0.2) is 29.0 Å². The first kappa shape index (κ1) is 16.0. The van der Waals surface area contributed by atoms with Gasteiger partial charge in [-0.15, -0.1) is 0 Å². The van der Waals surface area contributed by atoms with E-state index in [2.05, 4.69) is 19.1 Å². The van der Waals surface area contributed by atoms with Crippen LogP contribution < -0.4 is 0 Å². The minimum Gasteiger partial charge on any atom is -0.387 e. The lowest BCUT2D eigenvalue weighted by molar-refractivity contribution is -0.133. The molecule has 1 unspecified atom stereocenters. The summed E-state index contributed by atoms with van der Waals surface area (Å²) in [6.07, 6.45) is 6.62. The average Bonchev–Trinajstić information content (AvgIpc) is 2.48. The quantitative estimate of drug-likeness (QED) is 0.901. The number of nitrogens with zero attached hydrogens (tertiary/aromatic N) is 1. The van der Waals surface area contributed by atoms with Gasteiger partial charge in [0.25, 0.3) is 0 Å². The Morgan fingerprint density at radius 1 is 1.14 bits per heavy atom. The molecule has 3 heteroatoms. The van der Waals surface area contributed by atoms with Crippen LogP contribution in [0, 0.1) is 0 Å². The Morgan fingerprint density at radius 2 is 1.86 bits per heavy atom. The van der Waals surface area contributed by atoms with E-state index in [0.717, 1.165) is 44.2 Å². The Morgan fingerprint density at radius 3 is 2.57 bits per heavy atom. The Kier molecular flexibility index (Phi) is 6.24. The lowest BCUT2D eigenvalue weighted by atomic mass is 10.0. The fourth-order valence-electron chi connectivity index (χ4n) is 2.92. The number of hydrogen-bond acceptors (Lipinski definition) is 2. The standard InChI is InChI=1S/C18H27NO2/c1-2-7-15-9-11-16(12-10-15)17(20)14-19-13-6-4-3-5-8-18(19)21/h9-12,17,20H,2-8,13-14H2,1H3. The molecule has 0 aromatic heterocycles. The predicted molar refractivity (Wildman–Crippen MR) is 85.1 cm³/mol. The molecule has 0 saturated carbocycles. The predicted octanol–water partition coefficient (Wildman–Crippen LogP) is 3.47. The number of β-amino-alcohol motifs (C(OH)–C–C–N with tert-alkyl or cyclic N) is 1. The molecule has 1 heterocycles. The summed E-state index contributed by atoms with van der Waals surface area (Å²) in [5.74, 6) is 0.191. The molecule has 3 nitrogen and oxygen atoms in total. The Bertz CT molecular complexity index is 441. The number of likely N-dealkylation sites (tertiary alicyclic amines) is 1. The van der Waals surface area contributed by atoms with Crippen LogP contribution in [0.5, 0.6) is 0 Å². The lowest BCUT2D eigenvalue weighted by Crippen LogP contribution is -2.36. The Hall–Kier alpha value is -1.35. The number of rotatable bonds is 5. The summed E-state index contributed by atoms with van der Waals surface area (Å²) in [5, 5.41) is 10.4. The van der Waals surface area contributed by atoms with E-state index >= 15 is 0 Å². The molecule has 2 rings (SSSR count). The van der Waals surface area contributed by atoms with E-state index in [9.17, 15) is 9.90 Å². The van der Waals surface area contributed by atoms with Gasteiger partial charge in [-0.1, -0.05) is 50.5 Å². The molecule has 0 bridgehead atoms. The molecule has 0 spiro atoms. The maximum atomic E-state index is 12.1. The van der Waals surface area contributed by atoms with Crippen molar-refractivity contribution in [1.82, 2.24) is 4.90 Å². The van der Waals surface area contributed by atoms with Crippen molar-refractivity contribution in [3.8, 4) is 0 Å². The van der Waals surface area contributed by atoms with Crippen LogP contribution in [0.4, 0.5) is 0 Å². The molecule has 1 atom stereocenters. The van der Waals surface area contributed by atoms with Crippen LogP contribution in [0.1, 0.15) is 62.7 Å². The van der Waals surface area contributed by atoms with Gasteiger partial charge in [0.05, 0.1) is 12.6 Å². The number of benzene rings is 1. The fourth-order valence-corrected chi connectivity index (χ4v) is 2.92. The van der Waals surface area contributed by atoms with E-state index in [4.69, 9.17) is 0 Å². The molecule has 1 amide bonds. The fraction of sp³-hybridized carbons (Fsp3) is 0.611. The number of carbonyl (C=O) groups excluding carboxylic acids is 1. The zero-order valence-electron chi connectivity index (χ0n) is 13.1. The van der Waals surface area contributed by atoms with Gasteiger partial charge >= 0.3 is 0 Å². The second kappa shape index (κ2) is 8.18. The summed E-state index contributed by atoms with van der Waals surface area (Å²) in [6, 6.07) is 8.14. The summed E-state index contributed by atoms with van der Waals surface area (Å²) >= 11 is 0. The van der Waals surface area contributed by atoms with Crippen LogP contribution in [0.3, 0.4) is 0 Å². The SMILES string of the molecule is CCCc1ccc(C(O)CN2CCCCCCC2=O)cc1. The van der Waals surface area contributed by atoms with E-state index in [1.165, 1.54) is 12.0 Å². The van der Waals surface area contributed by atoms with Crippen molar-refractivity contribution in [2.24, 2.45) is 0 Å². The molecule has 1 aromatic carbocycles. The van der Waals surface area contributed by atoms with E-state index in [-0.39, 0.29) is 5.91 Å². The Balaban J connectivity index is 1.95. The number of hydrogen-bond donors (Lipinski definition) is 1. The van der Waals surface area contributed by atoms with E-state index in [1.807, 2.05) is 17.0 Å². The average molecular weight is 289 g/mol. The van der Waals surface area contributed by atoms with Gasteiger partial charge in [-0.05, 0) is 30.4 Å². The van der Waals surface area contributed by atoms with Crippen LogP contribution in [0.15, 0.2) is 24.3 Å². The zero-order chi connectivity index (χ0) is 15.1. The van der Waals surface area contributed by atoms with Crippen molar-refractivity contribution in [2.45, 2.75) is 58.0 Å². The molecule has 116 valence electrons. The van der Waals surface area contributed by atoms with Gasteiger partial charge in [0.2, 0.25) is 5.91 Å². The third-order valence-corrected chi connectivity index (χ3v) is 4.22. The van der Waals surface area contributed by atoms with Crippen molar-refractivity contribution < 1.29 is 9.90 Å². The van der Waals surface area contributed by atoms with Gasteiger partial charge in [-0.2, -0.15) is 0 Å². The molecule has 0 aliphatic carbocycles. The number of carbonyl (C=O) groups is 1. The summed E-state index contributed by atoms with van der Waals surface area (Å²) in [7, 11) is 0. The second-order valence-corrected chi connectivity index (χ2v) is 6.01. The summed E-state index contributed by atoms with van der Waals surface area (Å²) in [4.78, 5) is 13.9. The van der Waals surface area contributed by atoms with Gasteiger partial charge in [-0.3, -0.25) is 4.79 Å². The summed E-state index contributed by atoms with van der Waals surface area (Å²) in [5.41, 5.74) is 2.21.